The van der Waals surface area contributed by atoms with Crippen molar-refractivity contribution >= 4 is 34.8 Å². The average molecular weight is 313 g/mol. The molecule has 2 saturated carbocycles. The predicted octanol–water partition coefficient (Wildman–Crippen LogP) is 3.74. The fourth-order valence-corrected chi connectivity index (χ4v) is 3.16. The van der Waals surface area contributed by atoms with Crippen molar-refractivity contribution in [2.75, 3.05) is 12.3 Å². The smallest absolute Gasteiger partial charge is 0.251 e. The number of hydrogen-bond acceptors (Lipinski definition) is 2. The van der Waals surface area contributed by atoms with E-state index in [0.29, 0.717) is 27.2 Å². The number of benzene rings is 1. The predicted molar refractivity (Wildman–Crippen MR) is 82.1 cm³/mol. The monoisotopic (exact) mass is 312 g/mol. The highest BCUT2D eigenvalue weighted by Gasteiger charge is 2.41. The summed E-state index contributed by atoms with van der Waals surface area (Å²) < 4.78 is 0. The molecule has 0 unspecified atom stereocenters. The van der Waals surface area contributed by atoms with Crippen molar-refractivity contribution in [3.63, 3.8) is 0 Å². The quantitative estimate of drug-likeness (QED) is 0.814. The molecule has 0 spiro atoms. The highest BCUT2D eigenvalue weighted by Crippen LogP contribution is 2.48. The van der Waals surface area contributed by atoms with Gasteiger partial charge >= 0.3 is 0 Å². The fraction of sp³-hybridized carbons (Fsp3) is 0.533. The van der Waals surface area contributed by atoms with Crippen LogP contribution in [0.5, 0.6) is 0 Å². The van der Waals surface area contributed by atoms with Crippen LogP contribution in [0, 0.1) is 17.8 Å². The molecule has 2 fully saturated rings. The minimum Gasteiger partial charge on any atom is -0.397 e. The van der Waals surface area contributed by atoms with E-state index in [2.05, 4.69) is 5.32 Å². The van der Waals surface area contributed by atoms with Crippen molar-refractivity contribution < 1.29 is 4.79 Å². The molecule has 2 aliphatic carbocycles. The Morgan fingerprint density at radius 3 is 2.35 bits per heavy atom. The van der Waals surface area contributed by atoms with Crippen molar-refractivity contribution in [3.05, 3.63) is 27.7 Å². The summed E-state index contributed by atoms with van der Waals surface area (Å²) >= 11 is 11.8. The molecule has 0 radical (unpaired) electrons. The summed E-state index contributed by atoms with van der Waals surface area (Å²) in [7, 11) is 0. The first-order valence-corrected chi connectivity index (χ1v) is 7.84. The lowest BCUT2D eigenvalue weighted by Gasteiger charge is -2.16. The lowest BCUT2D eigenvalue weighted by atomic mass is 9.98. The van der Waals surface area contributed by atoms with Crippen molar-refractivity contribution in [2.45, 2.75) is 25.7 Å². The van der Waals surface area contributed by atoms with E-state index in [9.17, 15) is 4.79 Å². The second-order valence-corrected chi connectivity index (χ2v) is 6.70. The van der Waals surface area contributed by atoms with Crippen LogP contribution in [-0.4, -0.2) is 12.5 Å². The Bertz CT molecular complexity index is 504. The number of hydrogen-bond donors (Lipinski definition) is 2. The SMILES string of the molecule is Nc1cc(C(=O)NCC(C2CC2)C2CC2)cc(Cl)c1Cl. The molecule has 108 valence electrons. The molecule has 5 heteroatoms. The Hall–Kier alpha value is -0.930. The second-order valence-electron chi connectivity index (χ2n) is 5.91. The van der Waals surface area contributed by atoms with Crippen LogP contribution in [0.15, 0.2) is 12.1 Å². The van der Waals surface area contributed by atoms with Gasteiger partial charge in [0.2, 0.25) is 0 Å². The van der Waals surface area contributed by atoms with Gasteiger partial charge in [0.05, 0.1) is 15.7 Å². The number of rotatable bonds is 5. The maximum Gasteiger partial charge on any atom is 0.251 e. The van der Waals surface area contributed by atoms with Crippen LogP contribution < -0.4 is 11.1 Å². The van der Waals surface area contributed by atoms with E-state index in [-0.39, 0.29) is 5.91 Å². The van der Waals surface area contributed by atoms with E-state index in [1.807, 2.05) is 0 Å². The average Bonchev–Trinajstić information content (AvgIpc) is 3.26. The van der Waals surface area contributed by atoms with Crippen LogP contribution in [0.3, 0.4) is 0 Å². The van der Waals surface area contributed by atoms with Crippen LogP contribution in [0.4, 0.5) is 5.69 Å². The molecule has 3 N–H and O–H groups in total. The Labute approximate surface area is 128 Å². The molecule has 0 atom stereocenters. The maximum atomic E-state index is 12.2. The molecule has 1 amide bonds. The fourth-order valence-electron chi connectivity index (χ4n) is 2.82. The van der Waals surface area contributed by atoms with Crippen molar-refractivity contribution in [2.24, 2.45) is 17.8 Å². The zero-order valence-corrected chi connectivity index (χ0v) is 12.7. The Balaban J connectivity index is 1.63. The zero-order valence-electron chi connectivity index (χ0n) is 11.2. The molecule has 20 heavy (non-hydrogen) atoms. The first-order chi connectivity index (χ1) is 9.56. The number of anilines is 1. The third kappa shape index (κ3) is 3.04. The van der Waals surface area contributed by atoms with Crippen LogP contribution in [0.1, 0.15) is 36.0 Å². The molecule has 0 aliphatic heterocycles. The van der Waals surface area contributed by atoms with Crippen LogP contribution >= 0.6 is 23.2 Å². The Kier molecular flexibility index (Phi) is 3.83. The summed E-state index contributed by atoms with van der Waals surface area (Å²) in [6.07, 6.45) is 5.26. The number of carbonyl (C=O) groups is 1. The normalized spacial score (nSPS) is 18.4. The maximum absolute atomic E-state index is 12.2. The van der Waals surface area contributed by atoms with Gasteiger partial charge in [-0.1, -0.05) is 23.2 Å². The number of nitrogens with two attached hydrogens (primary N) is 1. The van der Waals surface area contributed by atoms with E-state index < -0.39 is 0 Å². The van der Waals surface area contributed by atoms with Gasteiger partial charge in [-0.3, -0.25) is 4.79 Å². The number of halogens is 2. The van der Waals surface area contributed by atoms with Gasteiger partial charge in [0.25, 0.3) is 5.91 Å². The molecule has 2 aliphatic rings. The van der Waals surface area contributed by atoms with E-state index in [0.717, 1.165) is 18.4 Å². The summed E-state index contributed by atoms with van der Waals surface area (Å²) in [6.45, 7) is 0.758. The molecular weight excluding hydrogens is 295 g/mol. The summed E-state index contributed by atoms with van der Waals surface area (Å²) in [4.78, 5) is 12.2. The Morgan fingerprint density at radius 2 is 1.85 bits per heavy atom. The summed E-state index contributed by atoms with van der Waals surface area (Å²) in [5.41, 5.74) is 6.55. The van der Waals surface area contributed by atoms with Gasteiger partial charge in [0.15, 0.2) is 0 Å². The number of carbonyl (C=O) groups excluding carboxylic acids is 1. The molecule has 0 bridgehead atoms. The summed E-state index contributed by atoms with van der Waals surface area (Å²) in [6, 6.07) is 3.14. The lowest BCUT2D eigenvalue weighted by molar-refractivity contribution is 0.0943. The molecule has 0 heterocycles. The third-order valence-electron chi connectivity index (χ3n) is 4.27. The molecule has 3 nitrogen and oxygen atoms in total. The lowest BCUT2D eigenvalue weighted by Crippen LogP contribution is -2.31. The Morgan fingerprint density at radius 1 is 1.25 bits per heavy atom. The number of nitrogens with one attached hydrogen (secondary N) is 1. The van der Waals surface area contributed by atoms with Gasteiger partial charge < -0.3 is 11.1 Å². The van der Waals surface area contributed by atoms with E-state index in [4.69, 9.17) is 28.9 Å². The number of nitrogen functional groups attached to an aromatic ring is 1. The minimum absolute atomic E-state index is 0.124. The van der Waals surface area contributed by atoms with Crippen molar-refractivity contribution in [1.82, 2.24) is 5.32 Å². The van der Waals surface area contributed by atoms with Gasteiger partial charge in [-0.15, -0.1) is 0 Å². The largest absolute Gasteiger partial charge is 0.397 e. The molecular formula is C15H18Cl2N2O. The minimum atomic E-state index is -0.124. The van der Waals surface area contributed by atoms with Crippen LogP contribution in [-0.2, 0) is 0 Å². The first-order valence-electron chi connectivity index (χ1n) is 7.09. The van der Waals surface area contributed by atoms with Gasteiger partial charge in [-0.05, 0) is 55.6 Å². The van der Waals surface area contributed by atoms with Gasteiger partial charge in [0.1, 0.15) is 0 Å². The van der Waals surface area contributed by atoms with E-state index >= 15 is 0 Å². The van der Waals surface area contributed by atoms with Gasteiger partial charge in [0, 0.05) is 12.1 Å². The molecule has 0 aromatic heterocycles. The van der Waals surface area contributed by atoms with Gasteiger partial charge in [-0.2, -0.15) is 0 Å². The van der Waals surface area contributed by atoms with E-state index in [1.54, 1.807) is 12.1 Å². The first kappa shape index (κ1) is 14.0. The number of amides is 1. The van der Waals surface area contributed by atoms with Crippen molar-refractivity contribution in [3.8, 4) is 0 Å². The topological polar surface area (TPSA) is 55.1 Å². The molecule has 0 saturated heterocycles. The zero-order chi connectivity index (χ0) is 14.3. The third-order valence-corrected chi connectivity index (χ3v) is 5.09. The van der Waals surface area contributed by atoms with Crippen molar-refractivity contribution in [1.29, 1.82) is 0 Å². The van der Waals surface area contributed by atoms with Crippen LogP contribution in [0.25, 0.3) is 0 Å². The van der Waals surface area contributed by atoms with E-state index in [1.165, 1.54) is 25.7 Å². The van der Waals surface area contributed by atoms with Gasteiger partial charge in [-0.25, -0.2) is 0 Å². The molecule has 1 aromatic carbocycles. The molecule has 1 aromatic rings. The molecule has 3 rings (SSSR count). The highest BCUT2D eigenvalue weighted by atomic mass is 35.5. The summed E-state index contributed by atoms with van der Waals surface area (Å²) in [5, 5.41) is 3.64. The standard InChI is InChI=1S/C15H18Cl2N2O/c16-12-5-10(6-13(18)14(12)17)15(20)19-7-11(8-1-2-8)9-3-4-9/h5-6,8-9,11H,1-4,7,18H2,(H,19,20). The second kappa shape index (κ2) is 5.45. The van der Waals surface area contributed by atoms with Crippen LogP contribution in [0.2, 0.25) is 10.0 Å². The summed E-state index contributed by atoms with van der Waals surface area (Å²) in [5.74, 6) is 2.17. The highest BCUT2D eigenvalue weighted by molar-refractivity contribution is 6.43.